The summed E-state index contributed by atoms with van der Waals surface area (Å²) in [6.45, 7) is 14.1. The fraction of sp³-hybridized carbons (Fsp3) is 0.938. The summed E-state index contributed by atoms with van der Waals surface area (Å²) in [5.74, 6) is -0.157. The van der Waals surface area contributed by atoms with E-state index in [1.54, 1.807) is 0 Å². The number of allylic oxidation sites excluding steroid dienone is 2. The summed E-state index contributed by atoms with van der Waals surface area (Å²) >= 11 is 0. The van der Waals surface area contributed by atoms with Crippen molar-refractivity contribution >= 4 is 5.97 Å². The molecule has 0 aromatic heterocycles. The van der Waals surface area contributed by atoms with Crippen LogP contribution in [0.3, 0.4) is 0 Å². The van der Waals surface area contributed by atoms with Crippen LogP contribution in [0.5, 0.6) is 0 Å². The number of ether oxygens (including phenoxy) is 6. The van der Waals surface area contributed by atoms with Crippen molar-refractivity contribution in [3.05, 3.63) is 11.6 Å². The topological polar surface area (TPSA) is 295 Å². The lowest BCUT2D eigenvalue weighted by atomic mass is 9.33. The molecule has 3 heterocycles. The maximum atomic E-state index is 14.7. The van der Waals surface area contributed by atoms with Crippen molar-refractivity contribution in [2.24, 2.45) is 50.2 Å². The van der Waals surface area contributed by atoms with Crippen LogP contribution in [0.4, 0.5) is 0 Å². The van der Waals surface area contributed by atoms with Crippen LogP contribution >= 0.6 is 0 Å². The minimum Gasteiger partial charge on any atom is -0.432 e. The molecule has 0 aromatic carbocycles. The van der Waals surface area contributed by atoms with Gasteiger partial charge in [-0.1, -0.05) is 60.1 Å². The molecule has 18 heteroatoms. The largest absolute Gasteiger partial charge is 0.432 e. The van der Waals surface area contributed by atoms with Crippen LogP contribution in [0.25, 0.3) is 0 Å². The zero-order valence-corrected chi connectivity index (χ0v) is 39.5. The van der Waals surface area contributed by atoms with Gasteiger partial charge < -0.3 is 84.6 Å². The van der Waals surface area contributed by atoms with Gasteiger partial charge in [0.2, 0.25) is 6.29 Å². The van der Waals surface area contributed by atoms with Crippen LogP contribution in [-0.4, -0.2) is 180 Å². The van der Waals surface area contributed by atoms with E-state index in [1.165, 1.54) is 5.57 Å². The summed E-state index contributed by atoms with van der Waals surface area (Å²) in [7, 11) is 0. The monoisotopic (exact) mass is 943 g/mol. The summed E-state index contributed by atoms with van der Waals surface area (Å²) in [5.41, 5.74) is -0.613. The van der Waals surface area contributed by atoms with Crippen LogP contribution in [0.15, 0.2) is 11.6 Å². The van der Waals surface area contributed by atoms with E-state index >= 15 is 0 Å². The third kappa shape index (κ3) is 7.87. The Hall–Kier alpha value is -1.43. The number of aliphatic hydroxyl groups is 11. The lowest BCUT2D eigenvalue weighted by Gasteiger charge is -2.71. The molecule has 0 aromatic rings. The highest BCUT2D eigenvalue weighted by Crippen LogP contribution is 2.76. The van der Waals surface area contributed by atoms with E-state index in [4.69, 9.17) is 28.4 Å². The molecule has 3 aliphatic heterocycles. The molecule has 18 nitrogen and oxygen atoms in total. The Morgan fingerprint density at radius 2 is 1.15 bits per heavy atom. The van der Waals surface area contributed by atoms with Gasteiger partial charge in [0.05, 0.1) is 31.3 Å². The van der Waals surface area contributed by atoms with Gasteiger partial charge in [0.25, 0.3) is 0 Å². The van der Waals surface area contributed by atoms with Crippen LogP contribution in [0, 0.1) is 50.2 Å². The van der Waals surface area contributed by atoms with Crippen molar-refractivity contribution in [3.8, 4) is 0 Å². The van der Waals surface area contributed by atoms with E-state index < -0.39 is 135 Å². The molecular formula is C48H78O18. The van der Waals surface area contributed by atoms with Crippen molar-refractivity contribution in [1.29, 1.82) is 0 Å². The van der Waals surface area contributed by atoms with Crippen LogP contribution in [0.1, 0.15) is 113 Å². The highest BCUT2D eigenvalue weighted by atomic mass is 16.7. The van der Waals surface area contributed by atoms with Gasteiger partial charge in [0, 0.05) is 0 Å². The number of carbonyl (C=O) groups is 1. The van der Waals surface area contributed by atoms with Gasteiger partial charge in [0.1, 0.15) is 73.2 Å². The van der Waals surface area contributed by atoms with Crippen molar-refractivity contribution in [3.63, 3.8) is 0 Å². The number of hydrogen-bond donors (Lipinski definition) is 11. The Labute approximate surface area is 387 Å². The first-order valence-electron chi connectivity index (χ1n) is 24.3. The summed E-state index contributed by atoms with van der Waals surface area (Å²) in [5, 5.41) is 115. The molecule has 7 fully saturated rings. The lowest BCUT2D eigenvalue weighted by molar-refractivity contribution is -0.368. The van der Waals surface area contributed by atoms with Gasteiger partial charge in [0.15, 0.2) is 12.6 Å². The molecule has 0 bridgehead atoms. The highest BCUT2D eigenvalue weighted by Gasteiger charge is 2.70. The van der Waals surface area contributed by atoms with Gasteiger partial charge in [-0.3, -0.25) is 4.79 Å². The molecule has 8 aliphatic rings. The van der Waals surface area contributed by atoms with Gasteiger partial charge in [-0.05, 0) is 109 Å². The molecule has 0 radical (unpaired) electrons. The van der Waals surface area contributed by atoms with E-state index in [2.05, 4.69) is 54.5 Å². The van der Waals surface area contributed by atoms with Crippen LogP contribution < -0.4 is 0 Å². The maximum absolute atomic E-state index is 14.7. The predicted octanol–water partition coefficient (Wildman–Crippen LogP) is 0.141. The molecule has 66 heavy (non-hydrogen) atoms. The van der Waals surface area contributed by atoms with Crippen LogP contribution in [0.2, 0.25) is 0 Å². The number of esters is 1. The van der Waals surface area contributed by atoms with E-state index in [0.29, 0.717) is 19.3 Å². The Balaban J connectivity index is 0.998. The third-order valence-corrected chi connectivity index (χ3v) is 19.3. The summed E-state index contributed by atoms with van der Waals surface area (Å²) in [4.78, 5) is 14.7. The molecule has 378 valence electrons. The Morgan fingerprint density at radius 3 is 1.77 bits per heavy atom. The minimum absolute atomic E-state index is 0.0540. The summed E-state index contributed by atoms with van der Waals surface area (Å²) in [6, 6.07) is 0. The Kier molecular flexibility index (Phi) is 13.9. The molecule has 4 saturated carbocycles. The number of carbonyl (C=O) groups excluding carboxylic acids is 1. The standard InChI is InChI=1S/C48H78O18/c1-43(2)14-16-48(42(60)66-41-36(58)33(55)31(53)25(20-50)62-41)17-15-46(6)22(23(48)18-43)8-9-28-45(5)12-11-29(44(3,4)27(45)10-13-47(28,46)7)64-39-37(59)34(56)38(26(21-51)63-39)65-40-35(57)32(54)30(52)24(19-49)61-40/h8,23-41,49-59H,9-21H2,1-7H3/t23?,24-,25-,26-,27?,28?,29-,30-,31-,32+,33+,34-,35-,36-,37-,38-,39+,40+,41+,45+,46-,47-,48+/m1/s1. The Morgan fingerprint density at radius 1 is 0.606 bits per heavy atom. The van der Waals surface area contributed by atoms with Crippen molar-refractivity contribution in [2.75, 3.05) is 19.8 Å². The number of hydrogen-bond acceptors (Lipinski definition) is 18. The fourth-order valence-electron chi connectivity index (χ4n) is 15.0. The van der Waals surface area contributed by atoms with Gasteiger partial charge in [-0.25, -0.2) is 0 Å². The molecule has 0 spiro atoms. The number of rotatable bonds is 9. The number of fused-ring (bicyclic) bond motifs is 7. The first kappa shape index (κ1) is 50.9. The second-order valence-corrected chi connectivity index (χ2v) is 23.5. The summed E-state index contributed by atoms with van der Waals surface area (Å²) in [6.07, 6.45) is -13.5. The third-order valence-electron chi connectivity index (χ3n) is 19.3. The molecule has 23 atom stereocenters. The van der Waals surface area contributed by atoms with Gasteiger partial charge in [-0.15, -0.1) is 0 Å². The van der Waals surface area contributed by atoms with E-state index in [-0.39, 0.29) is 39.4 Å². The zero-order chi connectivity index (χ0) is 48.3. The molecule has 11 N–H and O–H groups in total. The van der Waals surface area contributed by atoms with Crippen molar-refractivity contribution in [2.45, 2.75) is 211 Å². The molecule has 3 unspecified atom stereocenters. The SMILES string of the molecule is CC1(C)CC[C@]2(C(=O)O[C@@H]3O[C@H](CO)[C@@H](O)[C@H](O)[C@H]3O)CC[C@]3(C)C(=CCC4[C@@]5(C)CC[C@@H](O[C@@H]6O[C@H](CO)[C@@H](O[C@@H]7O[C@H](CO)[C@@H](O)[C@H](O)[C@H]7O)[C@H](O)[C@H]6O)C(C)(C)C5CC[C@]43C)C2C1. The smallest absolute Gasteiger partial charge is 0.315 e. The normalized spacial score (nSPS) is 53.3. The quantitative estimate of drug-likeness (QED) is 0.0833. The van der Waals surface area contributed by atoms with Gasteiger partial charge in [-0.2, -0.15) is 0 Å². The molecule has 3 saturated heterocycles. The minimum atomic E-state index is -1.77. The highest BCUT2D eigenvalue weighted by molar-refractivity contribution is 5.79. The van der Waals surface area contributed by atoms with Crippen molar-refractivity contribution < 1.29 is 89.4 Å². The zero-order valence-electron chi connectivity index (χ0n) is 39.5. The average Bonchev–Trinajstić information content (AvgIpc) is 3.27. The predicted molar refractivity (Wildman–Crippen MR) is 230 cm³/mol. The maximum Gasteiger partial charge on any atom is 0.315 e. The number of aliphatic hydroxyl groups excluding tert-OH is 11. The first-order valence-corrected chi connectivity index (χ1v) is 24.3. The second kappa shape index (κ2) is 18.0. The Bertz CT molecular complexity index is 1790. The van der Waals surface area contributed by atoms with Crippen molar-refractivity contribution in [1.82, 2.24) is 0 Å². The second-order valence-electron chi connectivity index (χ2n) is 23.5. The molecule has 8 rings (SSSR count). The van der Waals surface area contributed by atoms with E-state index in [0.717, 1.165) is 44.9 Å². The molecular weight excluding hydrogens is 865 g/mol. The summed E-state index contributed by atoms with van der Waals surface area (Å²) < 4.78 is 35.6. The fourth-order valence-corrected chi connectivity index (χ4v) is 15.0. The van der Waals surface area contributed by atoms with E-state index in [9.17, 15) is 61.0 Å². The van der Waals surface area contributed by atoms with E-state index in [1.807, 2.05) is 0 Å². The molecule has 5 aliphatic carbocycles. The lowest BCUT2D eigenvalue weighted by Crippen LogP contribution is -2.67. The van der Waals surface area contributed by atoms with Crippen LogP contribution in [-0.2, 0) is 33.2 Å². The van der Waals surface area contributed by atoms with Gasteiger partial charge >= 0.3 is 5.97 Å². The average molecular weight is 943 g/mol. The first-order chi connectivity index (χ1) is 30.9. The molecule has 0 amide bonds.